The molecule has 0 bridgehead atoms. The van der Waals surface area contributed by atoms with Crippen LogP contribution in [0.4, 0.5) is 0 Å². The number of nitrogens with one attached hydrogen (secondary N) is 2. The normalized spacial score (nSPS) is 9.73. The molecule has 0 aliphatic rings. The van der Waals surface area contributed by atoms with Gasteiger partial charge in [0.2, 0.25) is 0 Å². The van der Waals surface area contributed by atoms with Gasteiger partial charge in [0.1, 0.15) is 0 Å². The Bertz CT molecular complexity index is 785. The van der Waals surface area contributed by atoms with Crippen LogP contribution in [0.2, 0.25) is 0 Å². The number of imidazole rings is 2. The molecule has 0 saturated heterocycles. The van der Waals surface area contributed by atoms with Crippen molar-refractivity contribution in [3.05, 3.63) is 73.3 Å². The maximum Gasteiger partial charge on any atom is 0.0931 e. The molecule has 4 heteroatoms. The fraction of sp³-hybridized carbons (Fsp3) is 0.111. The van der Waals surface area contributed by atoms with Crippen molar-refractivity contribution in [2.45, 2.75) is 13.8 Å². The summed E-state index contributed by atoms with van der Waals surface area (Å²) in [5, 5.41) is 0. The smallest absolute Gasteiger partial charge is 0.0931 e. The minimum absolute atomic E-state index is 1.03. The molecule has 2 heterocycles. The molecule has 0 fully saturated rings. The zero-order valence-electron chi connectivity index (χ0n) is 12.9. The molecule has 0 aliphatic heterocycles. The number of nitrogens with zero attached hydrogens (tertiary/aromatic N) is 2. The summed E-state index contributed by atoms with van der Waals surface area (Å²) in [5.74, 6) is 0. The molecule has 2 N–H and O–H groups in total. The fourth-order valence-corrected chi connectivity index (χ4v) is 2.10. The summed E-state index contributed by atoms with van der Waals surface area (Å²) in [6.07, 6.45) is 3.42. The Balaban J connectivity index is 0.000000144. The van der Waals surface area contributed by atoms with Crippen LogP contribution < -0.4 is 0 Å². The van der Waals surface area contributed by atoms with Gasteiger partial charge >= 0.3 is 0 Å². The lowest BCUT2D eigenvalue weighted by atomic mass is 10.2. The highest BCUT2D eigenvalue weighted by Gasteiger charge is 1.93. The molecule has 0 unspecified atom stereocenters. The van der Waals surface area contributed by atoms with Gasteiger partial charge in [-0.15, -0.1) is 13.2 Å². The van der Waals surface area contributed by atoms with E-state index in [0.717, 1.165) is 22.1 Å². The highest BCUT2D eigenvalue weighted by Crippen LogP contribution is 2.10. The summed E-state index contributed by atoms with van der Waals surface area (Å²) in [6, 6.07) is 12.3. The third-order valence-electron chi connectivity index (χ3n) is 3.15. The number of H-pyrrole nitrogens is 2. The average molecular weight is 292 g/mol. The van der Waals surface area contributed by atoms with Gasteiger partial charge in [-0.1, -0.05) is 12.1 Å². The van der Waals surface area contributed by atoms with Crippen molar-refractivity contribution in [3.8, 4) is 0 Å². The highest BCUT2D eigenvalue weighted by atomic mass is 14.9. The van der Waals surface area contributed by atoms with E-state index in [1.807, 2.05) is 12.1 Å². The number of fused-ring (bicyclic) bond motifs is 2. The zero-order valence-corrected chi connectivity index (χ0v) is 12.9. The summed E-state index contributed by atoms with van der Waals surface area (Å²) >= 11 is 0. The first-order valence-corrected chi connectivity index (χ1v) is 7.02. The van der Waals surface area contributed by atoms with Gasteiger partial charge in [-0.3, -0.25) is 0 Å². The van der Waals surface area contributed by atoms with Gasteiger partial charge < -0.3 is 9.97 Å². The first-order chi connectivity index (χ1) is 10.7. The van der Waals surface area contributed by atoms with Crippen molar-refractivity contribution in [2.75, 3.05) is 0 Å². The van der Waals surface area contributed by atoms with Crippen molar-refractivity contribution in [2.24, 2.45) is 0 Å². The molecule has 0 spiro atoms. The van der Waals surface area contributed by atoms with Crippen LogP contribution in [0.1, 0.15) is 11.1 Å². The van der Waals surface area contributed by atoms with Crippen LogP contribution in [-0.4, -0.2) is 19.9 Å². The van der Waals surface area contributed by atoms with Crippen molar-refractivity contribution >= 4 is 22.1 Å². The molecule has 0 radical (unpaired) electrons. The Kier molecular flexibility index (Phi) is 5.09. The van der Waals surface area contributed by atoms with E-state index in [4.69, 9.17) is 0 Å². The first-order valence-electron chi connectivity index (χ1n) is 7.02. The van der Waals surface area contributed by atoms with E-state index in [9.17, 15) is 0 Å². The Labute approximate surface area is 129 Å². The SMILES string of the molecule is C=C.Cc1ccc2nc[nH]c2c1.Cc1ccc2nc[nH]c2c1. The van der Waals surface area contributed by atoms with E-state index in [-0.39, 0.29) is 0 Å². The third kappa shape index (κ3) is 3.61. The predicted molar refractivity (Wildman–Crippen MR) is 92.9 cm³/mol. The monoisotopic (exact) mass is 292 g/mol. The van der Waals surface area contributed by atoms with Gasteiger partial charge in [-0.2, -0.15) is 0 Å². The maximum absolute atomic E-state index is 4.10. The van der Waals surface area contributed by atoms with E-state index in [1.165, 1.54) is 11.1 Å². The van der Waals surface area contributed by atoms with E-state index < -0.39 is 0 Å². The fourth-order valence-electron chi connectivity index (χ4n) is 2.10. The topological polar surface area (TPSA) is 57.4 Å². The van der Waals surface area contributed by atoms with Crippen LogP contribution >= 0.6 is 0 Å². The van der Waals surface area contributed by atoms with Gasteiger partial charge in [-0.05, 0) is 49.2 Å². The van der Waals surface area contributed by atoms with Gasteiger partial charge in [0.25, 0.3) is 0 Å². The highest BCUT2D eigenvalue weighted by molar-refractivity contribution is 5.75. The number of rotatable bonds is 0. The van der Waals surface area contributed by atoms with E-state index in [2.05, 4.69) is 71.2 Å². The molecule has 0 aliphatic carbocycles. The number of hydrogen-bond acceptors (Lipinski definition) is 2. The molecule has 0 saturated carbocycles. The quantitative estimate of drug-likeness (QED) is 0.467. The van der Waals surface area contributed by atoms with Crippen molar-refractivity contribution in [1.82, 2.24) is 19.9 Å². The largest absolute Gasteiger partial charge is 0.345 e. The number of hydrogen-bond donors (Lipinski definition) is 2. The predicted octanol–water partition coefficient (Wildman–Crippen LogP) is 4.54. The summed E-state index contributed by atoms with van der Waals surface area (Å²) in [6.45, 7) is 10.1. The molecule has 0 amide bonds. The molecule has 0 atom stereocenters. The minimum atomic E-state index is 1.03. The van der Waals surface area contributed by atoms with E-state index >= 15 is 0 Å². The summed E-state index contributed by atoms with van der Waals surface area (Å²) in [4.78, 5) is 14.3. The number of aromatic nitrogens is 4. The van der Waals surface area contributed by atoms with Gasteiger partial charge in [0, 0.05) is 0 Å². The minimum Gasteiger partial charge on any atom is -0.345 e. The van der Waals surface area contributed by atoms with Crippen molar-refractivity contribution < 1.29 is 0 Å². The standard InChI is InChI=1S/2C8H8N2.C2H4/c2*1-6-2-3-7-8(4-6)10-5-9-7;1-2/h2*2-5H,1H3,(H,9,10);1-2H2. The molecule has 2 aromatic carbocycles. The summed E-state index contributed by atoms with van der Waals surface area (Å²) < 4.78 is 0. The Morgan fingerprint density at radius 2 is 1.14 bits per heavy atom. The lowest BCUT2D eigenvalue weighted by molar-refractivity contribution is 1.34. The molecule has 4 aromatic rings. The molecule has 2 aromatic heterocycles. The number of aryl methyl sites for hydroxylation is 2. The second-order valence-electron chi connectivity index (χ2n) is 4.85. The van der Waals surface area contributed by atoms with Crippen LogP contribution in [0.3, 0.4) is 0 Å². The Hall–Kier alpha value is -2.88. The second-order valence-corrected chi connectivity index (χ2v) is 4.85. The van der Waals surface area contributed by atoms with Gasteiger partial charge in [-0.25, -0.2) is 9.97 Å². The zero-order chi connectivity index (χ0) is 15.9. The lowest BCUT2D eigenvalue weighted by Crippen LogP contribution is -1.71. The lowest BCUT2D eigenvalue weighted by Gasteiger charge is -1.89. The summed E-state index contributed by atoms with van der Waals surface area (Å²) in [7, 11) is 0. The van der Waals surface area contributed by atoms with Crippen LogP contribution in [0.5, 0.6) is 0 Å². The maximum atomic E-state index is 4.10. The third-order valence-corrected chi connectivity index (χ3v) is 3.15. The van der Waals surface area contributed by atoms with E-state index in [1.54, 1.807) is 12.7 Å². The van der Waals surface area contributed by atoms with Crippen molar-refractivity contribution in [3.63, 3.8) is 0 Å². The Morgan fingerprint density at radius 3 is 1.55 bits per heavy atom. The molecule has 4 rings (SSSR count). The molecular weight excluding hydrogens is 272 g/mol. The Morgan fingerprint density at radius 1 is 0.727 bits per heavy atom. The number of aromatic amines is 2. The second kappa shape index (κ2) is 7.22. The molecule has 22 heavy (non-hydrogen) atoms. The van der Waals surface area contributed by atoms with Gasteiger partial charge in [0.05, 0.1) is 34.7 Å². The van der Waals surface area contributed by atoms with Crippen LogP contribution in [0, 0.1) is 13.8 Å². The number of benzene rings is 2. The summed E-state index contributed by atoms with van der Waals surface area (Å²) in [5.41, 5.74) is 6.81. The van der Waals surface area contributed by atoms with E-state index in [0.29, 0.717) is 0 Å². The van der Waals surface area contributed by atoms with Crippen molar-refractivity contribution in [1.29, 1.82) is 0 Å². The van der Waals surface area contributed by atoms with Crippen LogP contribution in [0.15, 0.2) is 62.2 Å². The average Bonchev–Trinajstić information content (AvgIpc) is 3.17. The van der Waals surface area contributed by atoms with Gasteiger partial charge in [0.15, 0.2) is 0 Å². The molecule has 4 nitrogen and oxygen atoms in total. The molecular formula is C18H20N4. The first kappa shape index (κ1) is 15.5. The van der Waals surface area contributed by atoms with Crippen LogP contribution in [0.25, 0.3) is 22.1 Å². The molecule has 112 valence electrons. The van der Waals surface area contributed by atoms with Crippen LogP contribution in [-0.2, 0) is 0 Å².